The second kappa shape index (κ2) is 7.98. The van der Waals surface area contributed by atoms with Gasteiger partial charge in [-0.15, -0.1) is 0 Å². The molecule has 6 nitrogen and oxygen atoms in total. The van der Waals surface area contributed by atoms with Crippen molar-refractivity contribution < 1.29 is 13.7 Å². The van der Waals surface area contributed by atoms with E-state index in [1.807, 2.05) is 62.5 Å². The van der Waals surface area contributed by atoms with Crippen molar-refractivity contribution in [2.24, 2.45) is 0 Å². The van der Waals surface area contributed by atoms with Crippen molar-refractivity contribution in [3.05, 3.63) is 70.5 Å². The van der Waals surface area contributed by atoms with E-state index in [9.17, 15) is 9.18 Å². The molecule has 1 N–H and O–H groups in total. The number of halogens is 1. The van der Waals surface area contributed by atoms with Crippen molar-refractivity contribution >= 4 is 5.91 Å². The molecule has 1 aromatic carbocycles. The smallest absolute Gasteiger partial charge is 0.253 e. The zero-order valence-electron chi connectivity index (χ0n) is 16.8. The summed E-state index contributed by atoms with van der Waals surface area (Å²) < 4.78 is 20.6. The van der Waals surface area contributed by atoms with E-state index in [-0.39, 0.29) is 17.8 Å². The number of nitrogens with zero attached hydrogens (tertiary/aromatic N) is 3. The predicted molar refractivity (Wildman–Crippen MR) is 105 cm³/mol. The molecule has 0 spiro atoms. The Hall–Kier alpha value is -2.93. The highest BCUT2D eigenvalue weighted by Crippen LogP contribution is 2.22. The SMILES string of the molecule is Cc1cc(-n2c(C)cc(C(=O)NCC(c3cccc(F)c3)N(C)C)c2C)no1. The summed E-state index contributed by atoms with van der Waals surface area (Å²) in [6.45, 7) is 5.99. The molecule has 3 rings (SSSR count). The topological polar surface area (TPSA) is 63.3 Å². The van der Waals surface area contributed by atoms with Crippen molar-refractivity contribution in [1.29, 1.82) is 0 Å². The van der Waals surface area contributed by atoms with E-state index in [0.717, 1.165) is 17.0 Å². The van der Waals surface area contributed by atoms with E-state index < -0.39 is 0 Å². The molecule has 0 bridgehead atoms. The quantitative estimate of drug-likeness (QED) is 0.706. The van der Waals surface area contributed by atoms with Gasteiger partial charge in [-0.25, -0.2) is 4.39 Å². The molecule has 7 heteroatoms. The van der Waals surface area contributed by atoms with Gasteiger partial charge in [0.1, 0.15) is 11.6 Å². The maximum atomic E-state index is 13.6. The van der Waals surface area contributed by atoms with Gasteiger partial charge in [-0.1, -0.05) is 17.3 Å². The number of carbonyl (C=O) groups excluding carboxylic acids is 1. The Morgan fingerprint density at radius 1 is 1.25 bits per heavy atom. The van der Waals surface area contributed by atoms with Crippen LogP contribution >= 0.6 is 0 Å². The Morgan fingerprint density at radius 2 is 2.00 bits per heavy atom. The van der Waals surface area contributed by atoms with Gasteiger partial charge < -0.3 is 14.7 Å². The van der Waals surface area contributed by atoms with Gasteiger partial charge in [0, 0.05) is 24.0 Å². The molecule has 0 fully saturated rings. The van der Waals surface area contributed by atoms with Crippen molar-refractivity contribution in [3.63, 3.8) is 0 Å². The molecular formula is C21H25FN4O2. The highest BCUT2D eigenvalue weighted by Gasteiger charge is 2.21. The van der Waals surface area contributed by atoms with Crippen LogP contribution in [-0.2, 0) is 0 Å². The monoisotopic (exact) mass is 384 g/mol. The molecule has 1 unspecified atom stereocenters. The molecule has 1 atom stereocenters. The van der Waals surface area contributed by atoms with Crippen molar-refractivity contribution in [2.75, 3.05) is 20.6 Å². The number of amides is 1. The van der Waals surface area contributed by atoms with Crippen molar-refractivity contribution in [1.82, 2.24) is 19.9 Å². The summed E-state index contributed by atoms with van der Waals surface area (Å²) in [7, 11) is 3.81. The largest absolute Gasteiger partial charge is 0.360 e. The number of carbonyl (C=O) groups is 1. The van der Waals surface area contributed by atoms with Gasteiger partial charge in [-0.05, 0) is 58.6 Å². The molecule has 1 amide bonds. The first-order valence-electron chi connectivity index (χ1n) is 9.10. The van der Waals surface area contributed by atoms with Crippen LogP contribution in [0.25, 0.3) is 5.82 Å². The molecule has 2 aromatic heterocycles. The number of hydrogen-bond acceptors (Lipinski definition) is 4. The number of benzene rings is 1. The number of nitrogens with one attached hydrogen (secondary N) is 1. The second-order valence-electron chi connectivity index (χ2n) is 7.16. The van der Waals surface area contributed by atoms with E-state index in [4.69, 9.17) is 4.52 Å². The van der Waals surface area contributed by atoms with E-state index in [1.54, 1.807) is 6.07 Å². The minimum absolute atomic E-state index is 0.138. The first-order chi connectivity index (χ1) is 13.3. The lowest BCUT2D eigenvalue weighted by Gasteiger charge is -2.25. The highest BCUT2D eigenvalue weighted by molar-refractivity contribution is 5.95. The lowest BCUT2D eigenvalue weighted by molar-refractivity contribution is 0.0941. The van der Waals surface area contributed by atoms with Crippen LogP contribution in [0, 0.1) is 26.6 Å². The minimum atomic E-state index is -0.290. The van der Waals surface area contributed by atoms with Gasteiger partial charge >= 0.3 is 0 Å². The van der Waals surface area contributed by atoms with E-state index in [0.29, 0.717) is 23.7 Å². The van der Waals surface area contributed by atoms with Crippen molar-refractivity contribution in [3.8, 4) is 5.82 Å². The van der Waals surface area contributed by atoms with Crippen LogP contribution in [0.5, 0.6) is 0 Å². The lowest BCUT2D eigenvalue weighted by atomic mass is 10.1. The van der Waals surface area contributed by atoms with Crippen LogP contribution in [-0.4, -0.2) is 41.2 Å². The van der Waals surface area contributed by atoms with E-state index >= 15 is 0 Å². The third-order valence-electron chi connectivity index (χ3n) is 4.83. The fourth-order valence-electron chi connectivity index (χ4n) is 3.40. The second-order valence-corrected chi connectivity index (χ2v) is 7.16. The Morgan fingerprint density at radius 3 is 2.61 bits per heavy atom. The van der Waals surface area contributed by atoms with Gasteiger partial charge in [0.05, 0.1) is 11.6 Å². The van der Waals surface area contributed by atoms with Crippen LogP contribution < -0.4 is 5.32 Å². The molecule has 0 radical (unpaired) electrons. The zero-order chi connectivity index (χ0) is 20.4. The van der Waals surface area contributed by atoms with E-state index in [2.05, 4.69) is 10.5 Å². The number of likely N-dealkylation sites (N-methyl/N-ethyl adjacent to an activating group) is 1. The fourth-order valence-corrected chi connectivity index (χ4v) is 3.40. The van der Waals surface area contributed by atoms with Crippen LogP contribution in [0.3, 0.4) is 0 Å². The maximum Gasteiger partial charge on any atom is 0.253 e. The normalized spacial score (nSPS) is 12.4. The number of rotatable bonds is 6. The third kappa shape index (κ3) is 3.99. The molecule has 28 heavy (non-hydrogen) atoms. The summed E-state index contributed by atoms with van der Waals surface area (Å²) in [6, 6.07) is 9.97. The molecule has 0 aliphatic heterocycles. The first-order valence-corrected chi connectivity index (χ1v) is 9.10. The van der Waals surface area contributed by atoms with Gasteiger partial charge in [0.25, 0.3) is 5.91 Å². The van der Waals surface area contributed by atoms with Gasteiger partial charge in [0.15, 0.2) is 5.82 Å². The summed E-state index contributed by atoms with van der Waals surface area (Å²) >= 11 is 0. The Balaban J connectivity index is 1.79. The van der Waals surface area contributed by atoms with Crippen LogP contribution in [0.15, 0.2) is 40.9 Å². The standard InChI is InChI=1S/C21H25FN4O2/c1-13-9-18(15(3)26(13)20-10-14(2)28-24-20)21(27)23-12-19(25(4)5)16-7-6-8-17(22)11-16/h6-11,19H,12H2,1-5H3,(H,23,27). The Labute approximate surface area is 163 Å². The predicted octanol–water partition coefficient (Wildman–Crippen LogP) is 3.56. The van der Waals surface area contributed by atoms with Crippen LogP contribution in [0.1, 0.15) is 39.1 Å². The fraction of sp³-hybridized carbons (Fsp3) is 0.333. The molecule has 0 aliphatic rings. The van der Waals surface area contributed by atoms with Crippen molar-refractivity contribution in [2.45, 2.75) is 26.8 Å². The molecule has 0 saturated heterocycles. The van der Waals surface area contributed by atoms with E-state index in [1.165, 1.54) is 12.1 Å². The summed E-state index contributed by atoms with van der Waals surface area (Å²) in [5.41, 5.74) is 3.07. The molecule has 148 valence electrons. The number of aromatic nitrogens is 2. The summed E-state index contributed by atoms with van der Waals surface area (Å²) in [4.78, 5) is 14.8. The number of aryl methyl sites for hydroxylation is 2. The average molecular weight is 384 g/mol. The molecular weight excluding hydrogens is 359 g/mol. The Bertz CT molecular complexity index is 990. The van der Waals surface area contributed by atoms with Crippen LogP contribution in [0.4, 0.5) is 4.39 Å². The lowest BCUT2D eigenvalue weighted by Crippen LogP contribution is -2.34. The first kappa shape index (κ1) is 19.8. The molecule has 3 aromatic rings. The van der Waals surface area contributed by atoms with Gasteiger partial charge in [0.2, 0.25) is 0 Å². The third-order valence-corrected chi connectivity index (χ3v) is 4.83. The van der Waals surface area contributed by atoms with Gasteiger partial charge in [-0.3, -0.25) is 9.36 Å². The van der Waals surface area contributed by atoms with Crippen LogP contribution in [0.2, 0.25) is 0 Å². The summed E-state index contributed by atoms with van der Waals surface area (Å²) in [5, 5.41) is 7.02. The average Bonchev–Trinajstić information content (AvgIpc) is 3.17. The highest BCUT2D eigenvalue weighted by atomic mass is 19.1. The summed E-state index contributed by atoms with van der Waals surface area (Å²) in [5.74, 6) is 0.889. The molecule has 0 saturated carbocycles. The Kier molecular flexibility index (Phi) is 5.65. The van der Waals surface area contributed by atoms with Gasteiger partial charge in [-0.2, -0.15) is 0 Å². The minimum Gasteiger partial charge on any atom is -0.360 e. The maximum absolute atomic E-state index is 13.6. The zero-order valence-corrected chi connectivity index (χ0v) is 16.8. The molecule has 0 aliphatic carbocycles. The summed E-state index contributed by atoms with van der Waals surface area (Å²) in [6.07, 6.45) is 0. The molecule has 2 heterocycles. The number of hydrogen-bond donors (Lipinski definition) is 1.